The number of nitrogens with zero attached hydrogens (tertiary/aromatic N) is 3. The fourth-order valence-electron chi connectivity index (χ4n) is 1.63. The van der Waals surface area contributed by atoms with E-state index in [1.54, 1.807) is 0 Å². The van der Waals surface area contributed by atoms with E-state index >= 15 is 0 Å². The van der Waals surface area contributed by atoms with Gasteiger partial charge in [-0.2, -0.15) is 13.2 Å². The smallest absolute Gasteiger partial charge is 0.418 e. The van der Waals surface area contributed by atoms with Gasteiger partial charge < -0.3 is 5.11 Å². The number of carboxylic acids is 1. The summed E-state index contributed by atoms with van der Waals surface area (Å²) in [7, 11) is 0. The minimum absolute atomic E-state index is 0.0733. The second-order valence-corrected chi connectivity index (χ2v) is 3.72. The Morgan fingerprint density at radius 1 is 1.32 bits per heavy atom. The van der Waals surface area contributed by atoms with Crippen molar-refractivity contribution in [2.24, 2.45) is 0 Å². The molecule has 0 atom stereocenters. The maximum absolute atomic E-state index is 12.9. The van der Waals surface area contributed by atoms with Crippen LogP contribution in [0.5, 0.6) is 0 Å². The molecule has 0 saturated heterocycles. The van der Waals surface area contributed by atoms with Gasteiger partial charge >= 0.3 is 12.1 Å². The fourth-order valence-corrected chi connectivity index (χ4v) is 1.63. The first kappa shape index (κ1) is 13.1. The van der Waals surface area contributed by atoms with E-state index in [0.717, 1.165) is 16.9 Å². The minimum Gasteiger partial charge on any atom is -0.481 e. The van der Waals surface area contributed by atoms with Crippen LogP contribution in [0.15, 0.2) is 30.5 Å². The Morgan fingerprint density at radius 2 is 2.00 bits per heavy atom. The van der Waals surface area contributed by atoms with E-state index in [9.17, 15) is 18.0 Å². The zero-order valence-electron chi connectivity index (χ0n) is 9.42. The van der Waals surface area contributed by atoms with Crippen LogP contribution in [0.4, 0.5) is 13.2 Å². The minimum atomic E-state index is -4.55. The van der Waals surface area contributed by atoms with Gasteiger partial charge in [-0.3, -0.25) is 4.79 Å². The standard InChI is InChI=1S/C11H8F3N3O2/c12-11(13,14)8-3-1-2-4-9(8)17-7(5-10(18)19)6-15-16-17/h1-4,6H,5H2,(H,18,19). The zero-order chi connectivity index (χ0) is 14.0. The van der Waals surface area contributed by atoms with Crippen LogP contribution in [0, 0.1) is 0 Å². The molecule has 0 spiro atoms. The third-order valence-electron chi connectivity index (χ3n) is 2.39. The monoisotopic (exact) mass is 271 g/mol. The summed E-state index contributed by atoms with van der Waals surface area (Å²) < 4.78 is 39.5. The number of carboxylic acid groups (broad SMARTS) is 1. The molecule has 1 aromatic carbocycles. The Bertz CT molecular complexity index is 607. The van der Waals surface area contributed by atoms with Crippen LogP contribution in [-0.2, 0) is 17.4 Å². The first-order valence-corrected chi connectivity index (χ1v) is 5.17. The lowest BCUT2D eigenvalue weighted by Crippen LogP contribution is -2.14. The van der Waals surface area contributed by atoms with E-state index in [0.29, 0.717) is 0 Å². The molecule has 0 fully saturated rings. The van der Waals surface area contributed by atoms with Gasteiger partial charge in [0.25, 0.3) is 0 Å². The number of para-hydroxylation sites is 1. The number of rotatable bonds is 3. The van der Waals surface area contributed by atoms with Gasteiger partial charge in [0, 0.05) is 0 Å². The second kappa shape index (κ2) is 4.71. The molecule has 1 aromatic heterocycles. The van der Waals surface area contributed by atoms with Crippen molar-refractivity contribution in [3.05, 3.63) is 41.7 Å². The maximum atomic E-state index is 12.9. The Kier molecular flexibility index (Phi) is 3.24. The normalized spacial score (nSPS) is 11.5. The highest BCUT2D eigenvalue weighted by atomic mass is 19.4. The first-order valence-electron chi connectivity index (χ1n) is 5.17. The predicted octanol–water partition coefficient (Wildman–Crippen LogP) is 1.91. The molecule has 1 heterocycles. The molecule has 0 saturated carbocycles. The zero-order valence-corrected chi connectivity index (χ0v) is 9.42. The number of benzene rings is 1. The Balaban J connectivity index is 2.54. The van der Waals surface area contributed by atoms with Crippen LogP contribution >= 0.6 is 0 Å². The number of hydrogen-bond acceptors (Lipinski definition) is 3. The van der Waals surface area contributed by atoms with E-state index < -0.39 is 24.1 Å². The van der Waals surface area contributed by atoms with Crippen molar-refractivity contribution in [1.29, 1.82) is 0 Å². The summed E-state index contributed by atoms with van der Waals surface area (Å²) in [4.78, 5) is 10.6. The highest BCUT2D eigenvalue weighted by molar-refractivity contribution is 5.69. The summed E-state index contributed by atoms with van der Waals surface area (Å²) >= 11 is 0. The number of halogens is 3. The summed E-state index contributed by atoms with van der Waals surface area (Å²) in [5.74, 6) is -1.17. The van der Waals surface area contributed by atoms with Crippen LogP contribution in [0.3, 0.4) is 0 Å². The van der Waals surface area contributed by atoms with Gasteiger partial charge in [0.05, 0.1) is 29.6 Å². The third-order valence-corrected chi connectivity index (χ3v) is 2.39. The van der Waals surface area contributed by atoms with Crippen molar-refractivity contribution in [2.45, 2.75) is 12.6 Å². The Morgan fingerprint density at radius 3 is 2.63 bits per heavy atom. The van der Waals surface area contributed by atoms with Crippen LogP contribution in [0.1, 0.15) is 11.3 Å². The molecule has 0 unspecified atom stereocenters. The van der Waals surface area contributed by atoms with E-state index in [1.807, 2.05) is 0 Å². The molecule has 0 bridgehead atoms. The molecule has 8 heteroatoms. The highest BCUT2D eigenvalue weighted by Crippen LogP contribution is 2.33. The highest BCUT2D eigenvalue weighted by Gasteiger charge is 2.34. The number of aromatic nitrogens is 3. The van der Waals surface area contributed by atoms with Crippen molar-refractivity contribution >= 4 is 5.97 Å². The van der Waals surface area contributed by atoms with E-state index in [2.05, 4.69) is 10.3 Å². The van der Waals surface area contributed by atoms with E-state index in [4.69, 9.17) is 5.11 Å². The topological polar surface area (TPSA) is 68.0 Å². The molecule has 2 aromatic rings. The van der Waals surface area contributed by atoms with E-state index in [-0.39, 0.29) is 11.4 Å². The van der Waals surface area contributed by atoms with Crippen LogP contribution in [-0.4, -0.2) is 26.1 Å². The summed E-state index contributed by atoms with van der Waals surface area (Å²) in [6.07, 6.45) is -3.89. The fraction of sp³-hybridized carbons (Fsp3) is 0.182. The first-order chi connectivity index (χ1) is 8.89. The summed E-state index contributed by atoms with van der Waals surface area (Å²) in [6, 6.07) is 4.78. The molecule has 0 aliphatic rings. The van der Waals surface area contributed by atoms with Crippen molar-refractivity contribution in [2.75, 3.05) is 0 Å². The molecule has 0 radical (unpaired) electrons. The Labute approximate surface area is 105 Å². The molecular formula is C11H8F3N3O2. The van der Waals surface area contributed by atoms with Gasteiger partial charge in [-0.1, -0.05) is 17.3 Å². The van der Waals surface area contributed by atoms with Gasteiger partial charge in [0.15, 0.2) is 0 Å². The van der Waals surface area contributed by atoms with Crippen molar-refractivity contribution in [3.8, 4) is 5.69 Å². The molecule has 0 amide bonds. The van der Waals surface area contributed by atoms with Crippen LogP contribution < -0.4 is 0 Å². The largest absolute Gasteiger partial charge is 0.481 e. The lowest BCUT2D eigenvalue weighted by Gasteiger charge is -2.13. The summed E-state index contributed by atoms with van der Waals surface area (Å²) in [6.45, 7) is 0. The molecule has 100 valence electrons. The van der Waals surface area contributed by atoms with Crippen molar-refractivity contribution in [3.63, 3.8) is 0 Å². The number of carbonyl (C=O) groups is 1. The van der Waals surface area contributed by atoms with Crippen molar-refractivity contribution in [1.82, 2.24) is 15.0 Å². The van der Waals surface area contributed by atoms with Crippen molar-refractivity contribution < 1.29 is 23.1 Å². The average Bonchev–Trinajstić information content (AvgIpc) is 2.75. The van der Waals surface area contributed by atoms with Gasteiger partial charge in [0.1, 0.15) is 0 Å². The average molecular weight is 271 g/mol. The molecule has 0 aliphatic heterocycles. The SMILES string of the molecule is O=C(O)Cc1cnnn1-c1ccccc1C(F)(F)F. The lowest BCUT2D eigenvalue weighted by molar-refractivity contribution is -0.137. The molecule has 19 heavy (non-hydrogen) atoms. The quantitative estimate of drug-likeness (QED) is 0.926. The maximum Gasteiger partial charge on any atom is 0.418 e. The molecule has 2 rings (SSSR count). The lowest BCUT2D eigenvalue weighted by atomic mass is 10.1. The van der Waals surface area contributed by atoms with E-state index in [1.165, 1.54) is 18.2 Å². The molecular weight excluding hydrogens is 263 g/mol. The summed E-state index contributed by atoms with van der Waals surface area (Å²) in [5.41, 5.74) is -1.07. The number of hydrogen-bond donors (Lipinski definition) is 1. The van der Waals surface area contributed by atoms with Crippen LogP contribution in [0.25, 0.3) is 5.69 Å². The molecule has 5 nitrogen and oxygen atoms in total. The Hall–Kier alpha value is -2.38. The van der Waals surface area contributed by atoms with Gasteiger partial charge in [-0.05, 0) is 12.1 Å². The number of alkyl halides is 3. The van der Waals surface area contributed by atoms with Gasteiger partial charge in [-0.15, -0.1) is 5.10 Å². The van der Waals surface area contributed by atoms with Gasteiger partial charge in [0.2, 0.25) is 0 Å². The van der Waals surface area contributed by atoms with Gasteiger partial charge in [-0.25, -0.2) is 4.68 Å². The van der Waals surface area contributed by atoms with Crippen LogP contribution in [0.2, 0.25) is 0 Å². The predicted molar refractivity (Wildman–Crippen MR) is 57.7 cm³/mol. The second-order valence-electron chi connectivity index (χ2n) is 3.72. The summed E-state index contributed by atoms with van der Waals surface area (Å²) in [5, 5.41) is 15.7. The molecule has 1 N–H and O–H groups in total. The third kappa shape index (κ3) is 2.72. The number of aliphatic carboxylic acids is 1. The molecule has 0 aliphatic carbocycles.